The minimum absolute atomic E-state index is 0.297. The molecule has 1 heterocycles. The standard InChI is InChI=1S/C14H17FN2OS/c1-10-13(9-16-2)19-14(17-10)7-8-18-12-6-4-3-5-11(12)15/h3-6,16H,7-9H2,1-2H3. The van der Waals surface area contributed by atoms with Crippen molar-refractivity contribution in [3.05, 3.63) is 45.7 Å². The third kappa shape index (κ3) is 3.75. The van der Waals surface area contributed by atoms with Gasteiger partial charge in [0, 0.05) is 17.8 Å². The molecular weight excluding hydrogens is 263 g/mol. The zero-order valence-corrected chi connectivity index (χ0v) is 11.9. The molecule has 0 radical (unpaired) electrons. The molecule has 1 aromatic carbocycles. The first kappa shape index (κ1) is 14.0. The number of rotatable bonds is 6. The zero-order valence-electron chi connectivity index (χ0n) is 11.1. The molecule has 0 aliphatic rings. The van der Waals surface area contributed by atoms with Crippen LogP contribution in [0.5, 0.6) is 5.75 Å². The number of hydrogen-bond acceptors (Lipinski definition) is 4. The average Bonchev–Trinajstić information content (AvgIpc) is 2.73. The summed E-state index contributed by atoms with van der Waals surface area (Å²) < 4.78 is 18.8. The van der Waals surface area contributed by atoms with E-state index in [1.54, 1.807) is 29.5 Å². The second kappa shape index (κ2) is 6.63. The second-order valence-corrected chi connectivity index (χ2v) is 5.34. The van der Waals surface area contributed by atoms with E-state index in [1.165, 1.54) is 10.9 Å². The molecule has 19 heavy (non-hydrogen) atoms. The van der Waals surface area contributed by atoms with Crippen molar-refractivity contribution >= 4 is 11.3 Å². The number of hydrogen-bond donors (Lipinski definition) is 1. The summed E-state index contributed by atoms with van der Waals surface area (Å²) in [4.78, 5) is 5.73. The molecule has 0 spiro atoms. The van der Waals surface area contributed by atoms with Gasteiger partial charge in [-0.2, -0.15) is 0 Å². The molecule has 0 atom stereocenters. The summed E-state index contributed by atoms with van der Waals surface area (Å²) >= 11 is 1.68. The van der Waals surface area contributed by atoms with E-state index in [2.05, 4.69) is 10.3 Å². The van der Waals surface area contributed by atoms with Crippen LogP contribution in [0.25, 0.3) is 0 Å². The molecule has 2 aromatic rings. The van der Waals surface area contributed by atoms with E-state index in [-0.39, 0.29) is 5.82 Å². The van der Waals surface area contributed by atoms with Gasteiger partial charge in [-0.15, -0.1) is 11.3 Å². The number of nitrogens with one attached hydrogen (secondary N) is 1. The van der Waals surface area contributed by atoms with Crippen LogP contribution in [-0.2, 0) is 13.0 Å². The van der Waals surface area contributed by atoms with Gasteiger partial charge in [0.2, 0.25) is 0 Å². The summed E-state index contributed by atoms with van der Waals surface area (Å²) in [6.07, 6.45) is 0.698. The highest BCUT2D eigenvalue weighted by molar-refractivity contribution is 7.11. The molecule has 5 heteroatoms. The quantitative estimate of drug-likeness (QED) is 0.883. The smallest absolute Gasteiger partial charge is 0.165 e. The van der Waals surface area contributed by atoms with Crippen molar-refractivity contribution in [3.8, 4) is 5.75 Å². The van der Waals surface area contributed by atoms with Gasteiger partial charge < -0.3 is 10.1 Å². The van der Waals surface area contributed by atoms with Crippen LogP contribution < -0.4 is 10.1 Å². The number of thiazole rings is 1. The molecule has 1 aromatic heterocycles. The maximum absolute atomic E-state index is 13.3. The van der Waals surface area contributed by atoms with Crippen LogP contribution in [0.2, 0.25) is 0 Å². The summed E-state index contributed by atoms with van der Waals surface area (Å²) in [5, 5.41) is 4.14. The van der Waals surface area contributed by atoms with Crippen molar-refractivity contribution in [1.82, 2.24) is 10.3 Å². The van der Waals surface area contributed by atoms with Crippen LogP contribution in [0, 0.1) is 12.7 Å². The fraction of sp³-hybridized carbons (Fsp3) is 0.357. The van der Waals surface area contributed by atoms with E-state index >= 15 is 0 Å². The van der Waals surface area contributed by atoms with Crippen LogP contribution >= 0.6 is 11.3 Å². The van der Waals surface area contributed by atoms with Crippen molar-refractivity contribution in [2.45, 2.75) is 19.9 Å². The third-order valence-electron chi connectivity index (χ3n) is 2.68. The van der Waals surface area contributed by atoms with Crippen LogP contribution in [-0.4, -0.2) is 18.6 Å². The monoisotopic (exact) mass is 280 g/mol. The van der Waals surface area contributed by atoms with Gasteiger partial charge in [0.25, 0.3) is 0 Å². The van der Waals surface area contributed by atoms with Gasteiger partial charge in [0.05, 0.1) is 17.3 Å². The fourth-order valence-corrected chi connectivity index (χ4v) is 2.79. The molecule has 0 aliphatic heterocycles. The molecule has 0 aliphatic carbocycles. The Morgan fingerprint density at radius 2 is 2.16 bits per heavy atom. The van der Waals surface area contributed by atoms with Gasteiger partial charge >= 0.3 is 0 Å². The van der Waals surface area contributed by atoms with Gasteiger partial charge in [-0.25, -0.2) is 9.37 Å². The topological polar surface area (TPSA) is 34.1 Å². The second-order valence-electron chi connectivity index (χ2n) is 4.18. The normalized spacial score (nSPS) is 10.7. The number of nitrogens with zero attached hydrogens (tertiary/aromatic N) is 1. The number of ether oxygens (including phenoxy) is 1. The Morgan fingerprint density at radius 1 is 1.37 bits per heavy atom. The lowest BCUT2D eigenvalue weighted by molar-refractivity contribution is 0.305. The highest BCUT2D eigenvalue weighted by atomic mass is 32.1. The van der Waals surface area contributed by atoms with Crippen LogP contribution in [0.4, 0.5) is 4.39 Å². The number of halogens is 1. The number of benzene rings is 1. The average molecular weight is 280 g/mol. The summed E-state index contributed by atoms with van der Waals surface area (Å²) in [5.74, 6) is -0.0279. The van der Waals surface area contributed by atoms with E-state index in [0.29, 0.717) is 18.8 Å². The first-order valence-corrected chi connectivity index (χ1v) is 6.99. The Kier molecular flexibility index (Phi) is 4.87. The van der Waals surface area contributed by atoms with Gasteiger partial charge in [-0.05, 0) is 26.1 Å². The van der Waals surface area contributed by atoms with Crippen LogP contribution in [0.3, 0.4) is 0 Å². The molecule has 0 saturated carbocycles. The van der Waals surface area contributed by atoms with Gasteiger partial charge in [-0.3, -0.25) is 0 Å². The van der Waals surface area contributed by atoms with E-state index in [0.717, 1.165) is 17.2 Å². The SMILES string of the molecule is CNCc1sc(CCOc2ccccc2F)nc1C. The first-order valence-electron chi connectivity index (χ1n) is 6.18. The van der Waals surface area contributed by atoms with Crippen molar-refractivity contribution in [1.29, 1.82) is 0 Å². The van der Waals surface area contributed by atoms with E-state index in [4.69, 9.17) is 4.74 Å². The maximum atomic E-state index is 13.3. The lowest BCUT2D eigenvalue weighted by Crippen LogP contribution is -2.04. The Labute approximate surface area is 116 Å². The molecule has 3 nitrogen and oxygen atoms in total. The lowest BCUT2D eigenvalue weighted by Gasteiger charge is -2.05. The fourth-order valence-electron chi connectivity index (χ4n) is 1.73. The molecule has 0 saturated heterocycles. The minimum Gasteiger partial charge on any atom is -0.490 e. The predicted octanol–water partition coefficient (Wildman–Crippen LogP) is 2.93. The molecule has 0 amide bonds. The Hall–Kier alpha value is -1.46. The summed E-state index contributed by atoms with van der Waals surface area (Å²) in [6, 6.07) is 6.44. The molecule has 102 valence electrons. The first-order chi connectivity index (χ1) is 9.20. The van der Waals surface area contributed by atoms with E-state index in [1.807, 2.05) is 14.0 Å². The van der Waals surface area contributed by atoms with Crippen LogP contribution in [0.1, 0.15) is 15.6 Å². The zero-order chi connectivity index (χ0) is 13.7. The number of para-hydroxylation sites is 1. The molecule has 1 N–H and O–H groups in total. The predicted molar refractivity (Wildman–Crippen MR) is 75.2 cm³/mol. The summed E-state index contributed by atoms with van der Waals surface area (Å²) in [7, 11) is 1.92. The summed E-state index contributed by atoms with van der Waals surface area (Å²) in [5.41, 5.74) is 1.06. The number of aromatic nitrogens is 1. The number of aryl methyl sites for hydroxylation is 1. The Balaban J connectivity index is 1.89. The van der Waals surface area contributed by atoms with E-state index < -0.39 is 0 Å². The van der Waals surface area contributed by atoms with E-state index in [9.17, 15) is 4.39 Å². The third-order valence-corrected chi connectivity index (χ3v) is 3.90. The van der Waals surface area contributed by atoms with Crippen molar-refractivity contribution in [2.24, 2.45) is 0 Å². The van der Waals surface area contributed by atoms with Gasteiger partial charge in [0.15, 0.2) is 11.6 Å². The van der Waals surface area contributed by atoms with Gasteiger partial charge in [-0.1, -0.05) is 12.1 Å². The lowest BCUT2D eigenvalue weighted by atomic mass is 10.3. The van der Waals surface area contributed by atoms with Crippen molar-refractivity contribution < 1.29 is 9.13 Å². The minimum atomic E-state index is -0.325. The molecule has 0 bridgehead atoms. The highest BCUT2D eigenvalue weighted by Crippen LogP contribution is 2.19. The molecule has 0 fully saturated rings. The highest BCUT2D eigenvalue weighted by Gasteiger charge is 2.07. The molecular formula is C14H17FN2OS. The molecule has 0 unspecified atom stereocenters. The van der Waals surface area contributed by atoms with Crippen LogP contribution in [0.15, 0.2) is 24.3 Å². The summed E-state index contributed by atoms with van der Waals surface area (Å²) in [6.45, 7) is 3.27. The van der Waals surface area contributed by atoms with Crippen molar-refractivity contribution in [3.63, 3.8) is 0 Å². The van der Waals surface area contributed by atoms with Gasteiger partial charge in [0.1, 0.15) is 0 Å². The molecule has 2 rings (SSSR count). The Bertz CT molecular complexity index is 542. The van der Waals surface area contributed by atoms with Crippen molar-refractivity contribution in [2.75, 3.05) is 13.7 Å². The largest absolute Gasteiger partial charge is 0.490 e. The Morgan fingerprint density at radius 3 is 2.89 bits per heavy atom. The maximum Gasteiger partial charge on any atom is 0.165 e.